The molecule has 3 aromatic rings. The second-order valence-electron chi connectivity index (χ2n) is 7.04. The third-order valence-electron chi connectivity index (χ3n) is 5.08. The number of fused-ring (bicyclic) bond motifs is 1. The fraction of sp³-hybridized carbons (Fsp3) is 0.217. The lowest BCUT2D eigenvalue weighted by molar-refractivity contribution is 0.306. The average molecular weight is 421 g/mol. The Bertz CT molecular complexity index is 1130. The number of aromatic nitrogens is 2. The summed E-state index contributed by atoms with van der Waals surface area (Å²) in [6.45, 7) is 2.46. The van der Waals surface area contributed by atoms with Crippen LogP contribution in [0.1, 0.15) is 41.6 Å². The number of aryl methyl sites for hydroxylation is 1. The lowest BCUT2D eigenvalue weighted by atomic mass is 9.83. The molecule has 6 nitrogen and oxygen atoms in total. The van der Waals surface area contributed by atoms with Crippen LogP contribution in [0.5, 0.6) is 11.6 Å². The zero-order valence-corrected chi connectivity index (χ0v) is 17.2. The van der Waals surface area contributed by atoms with E-state index in [1.165, 1.54) is 0 Å². The van der Waals surface area contributed by atoms with Crippen molar-refractivity contribution >= 4 is 11.6 Å². The van der Waals surface area contributed by atoms with Gasteiger partial charge in [-0.25, -0.2) is 0 Å². The summed E-state index contributed by atoms with van der Waals surface area (Å²) in [6.07, 6.45) is 1.75. The number of halogens is 1. The maximum absolute atomic E-state index is 9.73. The summed E-state index contributed by atoms with van der Waals surface area (Å²) >= 11 is 6.19. The van der Waals surface area contributed by atoms with Crippen molar-refractivity contribution in [1.29, 1.82) is 5.26 Å². The highest BCUT2D eigenvalue weighted by Crippen LogP contribution is 2.43. The number of nitriles is 1. The Labute approximate surface area is 179 Å². The van der Waals surface area contributed by atoms with Gasteiger partial charge in [0, 0.05) is 21.8 Å². The van der Waals surface area contributed by atoms with Crippen LogP contribution in [0.3, 0.4) is 0 Å². The Morgan fingerprint density at radius 2 is 2.00 bits per heavy atom. The molecule has 2 heterocycles. The van der Waals surface area contributed by atoms with E-state index in [2.05, 4.69) is 23.2 Å². The van der Waals surface area contributed by atoms with Crippen molar-refractivity contribution in [2.24, 2.45) is 5.73 Å². The fourth-order valence-corrected chi connectivity index (χ4v) is 3.81. The standard InChI is InChI=1S/C23H21ClN4O2/c1-2-5-19-21-20(17(12-25)22(26)30-23(21)28-27-19)14-8-10-16(11-9-14)29-13-15-6-3-4-7-18(15)24/h3-4,6-11,20H,2,5,13,26H2,1H3,(H,27,28). The van der Waals surface area contributed by atoms with Crippen molar-refractivity contribution in [2.75, 3.05) is 0 Å². The molecule has 1 atom stereocenters. The molecule has 0 saturated carbocycles. The topological polar surface area (TPSA) is 97.0 Å². The molecule has 1 unspecified atom stereocenters. The van der Waals surface area contributed by atoms with Gasteiger partial charge in [0.2, 0.25) is 11.8 Å². The Morgan fingerprint density at radius 3 is 2.70 bits per heavy atom. The number of nitrogens with two attached hydrogens (primary N) is 1. The van der Waals surface area contributed by atoms with Gasteiger partial charge in [-0.3, -0.25) is 5.10 Å². The first kappa shape index (κ1) is 19.9. The van der Waals surface area contributed by atoms with E-state index in [-0.39, 0.29) is 11.8 Å². The number of nitrogens with one attached hydrogen (secondary N) is 1. The van der Waals surface area contributed by atoms with Crippen LogP contribution in [0.25, 0.3) is 0 Å². The van der Waals surface area contributed by atoms with Gasteiger partial charge in [0.25, 0.3) is 0 Å². The molecule has 0 bridgehead atoms. The van der Waals surface area contributed by atoms with Crippen LogP contribution >= 0.6 is 11.6 Å². The smallest absolute Gasteiger partial charge is 0.244 e. The molecule has 0 spiro atoms. The van der Waals surface area contributed by atoms with E-state index in [0.29, 0.717) is 28.8 Å². The number of ether oxygens (including phenoxy) is 2. The van der Waals surface area contributed by atoms with E-state index in [1.807, 2.05) is 48.5 Å². The maximum Gasteiger partial charge on any atom is 0.244 e. The molecule has 30 heavy (non-hydrogen) atoms. The molecule has 7 heteroatoms. The van der Waals surface area contributed by atoms with E-state index >= 15 is 0 Å². The maximum atomic E-state index is 9.73. The second kappa shape index (κ2) is 8.52. The molecule has 0 fully saturated rings. The predicted octanol–water partition coefficient (Wildman–Crippen LogP) is 4.81. The highest BCUT2D eigenvalue weighted by Gasteiger charge is 2.34. The molecule has 2 aromatic carbocycles. The number of aromatic amines is 1. The van der Waals surface area contributed by atoms with Crippen LogP contribution in [0.4, 0.5) is 0 Å². The zero-order chi connectivity index (χ0) is 21.1. The van der Waals surface area contributed by atoms with E-state index in [1.54, 1.807) is 0 Å². The fourth-order valence-electron chi connectivity index (χ4n) is 3.62. The highest BCUT2D eigenvalue weighted by atomic mass is 35.5. The van der Waals surface area contributed by atoms with Crippen LogP contribution in [0.15, 0.2) is 60.0 Å². The SMILES string of the molecule is CCCc1[nH]nc2c1C(c1ccc(OCc3ccccc3Cl)cc1)C(C#N)=C(N)O2. The van der Waals surface area contributed by atoms with Gasteiger partial charge in [-0.1, -0.05) is 55.3 Å². The number of hydrogen-bond acceptors (Lipinski definition) is 5. The van der Waals surface area contributed by atoms with Gasteiger partial charge in [0.05, 0.1) is 5.92 Å². The third kappa shape index (κ3) is 3.72. The summed E-state index contributed by atoms with van der Waals surface area (Å²) in [7, 11) is 0. The summed E-state index contributed by atoms with van der Waals surface area (Å²) in [5.74, 6) is 0.890. The summed E-state index contributed by atoms with van der Waals surface area (Å²) in [5.41, 5.74) is 10.1. The van der Waals surface area contributed by atoms with Crippen molar-refractivity contribution < 1.29 is 9.47 Å². The number of allylic oxidation sites excluding steroid dienone is 1. The molecular formula is C23H21ClN4O2. The van der Waals surface area contributed by atoms with Crippen LogP contribution in [0.2, 0.25) is 5.02 Å². The molecule has 1 aliphatic heterocycles. The normalized spacial score (nSPS) is 15.3. The second-order valence-corrected chi connectivity index (χ2v) is 7.45. The minimum absolute atomic E-state index is 0.0867. The molecule has 0 amide bonds. The Hall–Kier alpha value is -3.43. The van der Waals surface area contributed by atoms with Crippen LogP contribution in [0, 0.1) is 11.3 Å². The third-order valence-corrected chi connectivity index (χ3v) is 5.45. The van der Waals surface area contributed by atoms with E-state index in [9.17, 15) is 5.26 Å². The average Bonchev–Trinajstić information content (AvgIpc) is 3.15. The summed E-state index contributed by atoms with van der Waals surface area (Å²) in [5, 5.41) is 17.7. The predicted molar refractivity (Wildman–Crippen MR) is 114 cm³/mol. The monoisotopic (exact) mass is 420 g/mol. The Kier molecular flexibility index (Phi) is 5.64. The first-order valence-electron chi connectivity index (χ1n) is 9.73. The molecule has 3 N–H and O–H groups in total. The minimum Gasteiger partial charge on any atom is -0.489 e. The molecule has 0 aliphatic carbocycles. The van der Waals surface area contributed by atoms with Crippen molar-refractivity contribution in [3.05, 3.63) is 87.4 Å². The van der Waals surface area contributed by atoms with Crippen LogP contribution in [-0.4, -0.2) is 10.2 Å². The zero-order valence-electron chi connectivity index (χ0n) is 16.5. The van der Waals surface area contributed by atoms with E-state index < -0.39 is 0 Å². The van der Waals surface area contributed by atoms with Crippen molar-refractivity contribution in [3.63, 3.8) is 0 Å². The molecule has 152 valence electrons. The molecule has 0 saturated heterocycles. The van der Waals surface area contributed by atoms with Crippen LogP contribution < -0.4 is 15.2 Å². The Morgan fingerprint density at radius 1 is 1.23 bits per heavy atom. The number of rotatable bonds is 6. The first-order chi connectivity index (χ1) is 14.6. The Balaban J connectivity index is 1.62. The van der Waals surface area contributed by atoms with Gasteiger partial charge < -0.3 is 15.2 Å². The summed E-state index contributed by atoms with van der Waals surface area (Å²) < 4.78 is 11.5. The largest absolute Gasteiger partial charge is 0.489 e. The van der Waals surface area contributed by atoms with Gasteiger partial charge in [-0.15, -0.1) is 5.10 Å². The lowest BCUT2D eigenvalue weighted by Crippen LogP contribution is -2.21. The summed E-state index contributed by atoms with van der Waals surface area (Å²) in [4.78, 5) is 0. The number of benzene rings is 2. The minimum atomic E-state index is -0.336. The number of hydrogen-bond donors (Lipinski definition) is 2. The van der Waals surface area contributed by atoms with Gasteiger partial charge in [0.15, 0.2) is 0 Å². The summed E-state index contributed by atoms with van der Waals surface area (Å²) in [6, 6.07) is 17.4. The molecule has 0 radical (unpaired) electrons. The van der Waals surface area contributed by atoms with Crippen molar-refractivity contribution in [3.8, 4) is 17.7 Å². The first-order valence-corrected chi connectivity index (χ1v) is 10.1. The van der Waals surface area contributed by atoms with Gasteiger partial charge in [-0.2, -0.15) is 5.26 Å². The highest BCUT2D eigenvalue weighted by molar-refractivity contribution is 6.31. The van der Waals surface area contributed by atoms with Gasteiger partial charge in [0.1, 0.15) is 24.0 Å². The van der Waals surface area contributed by atoms with Crippen molar-refractivity contribution in [1.82, 2.24) is 10.2 Å². The quantitative estimate of drug-likeness (QED) is 0.596. The van der Waals surface area contributed by atoms with Crippen LogP contribution in [-0.2, 0) is 13.0 Å². The lowest BCUT2D eigenvalue weighted by Gasteiger charge is -2.24. The number of H-pyrrole nitrogens is 1. The molecular weight excluding hydrogens is 400 g/mol. The molecule has 4 rings (SSSR count). The van der Waals surface area contributed by atoms with Crippen molar-refractivity contribution in [2.45, 2.75) is 32.3 Å². The van der Waals surface area contributed by atoms with Gasteiger partial charge in [-0.05, 0) is 30.2 Å². The van der Waals surface area contributed by atoms with E-state index in [0.717, 1.165) is 35.2 Å². The molecule has 1 aromatic heterocycles. The van der Waals surface area contributed by atoms with Gasteiger partial charge >= 0.3 is 0 Å². The van der Waals surface area contributed by atoms with E-state index in [4.69, 9.17) is 26.8 Å². The number of nitrogens with zero attached hydrogens (tertiary/aromatic N) is 2. The molecule has 1 aliphatic rings.